The van der Waals surface area contributed by atoms with Crippen LogP contribution in [0.25, 0.3) is 0 Å². The van der Waals surface area contributed by atoms with Crippen LogP contribution in [-0.2, 0) is 6.42 Å². The number of rotatable bonds is 1. The molecule has 0 spiro atoms. The number of anilines is 2. The summed E-state index contributed by atoms with van der Waals surface area (Å²) in [5.41, 5.74) is 3.07. The minimum absolute atomic E-state index is 0.0944. The number of hydrogen-bond acceptors (Lipinski definition) is 6. The third kappa shape index (κ3) is 2.35. The molecule has 0 amide bonds. The van der Waals surface area contributed by atoms with Crippen molar-refractivity contribution in [2.75, 3.05) is 16.8 Å². The number of aliphatic imine (C=N–C) groups is 1. The van der Waals surface area contributed by atoms with Crippen LogP contribution >= 0.6 is 11.3 Å². The highest BCUT2D eigenvalue weighted by molar-refractivity contribution is 7.10. The van der Waals surface area contributed by atoms with E-state index in [2.05, 4.69) is 33.4 Å². The molecule has 1 aromatic carbocycles. The number of nitrogens with one attached hydrogen (secondary N) is 1. The molecule has 0 aliphatic carbocycles. The summed E-state index contributed by atoms with van der Waals surface area (Å²) in [6.45, 7) is 2.69. The lowest BCUT2D eigenvalue weighted by Gasteiger charge is -2.30. The summed E-state index contributed by atoms with van der Waals surface area (Å²) in [7, 11) is 0. The van der Waals surface area contributed by atoms with Gasteiger partial charge in [0.05, 0.1) is 0 Å². The Morgan fingerprint density at radius 2 is 2.12 bits per heavy atom. The maximum atomic E-state index is 12.6. The van der Waals surface area contributed by atoms with E-state index in [-0.39, 0.29) is 5.56 Å². The van der Waals surface area contributed by atoms with E-state index in [1.165, 1.54) is 5.56 Å². The van der Waals surface area contributed by atoms with Crippen molar-refractivity contribution in [3.05, 3.63) is 74.3 Å². The fourth-order valence-electron chi connectivity index (χ4n) is 3.56. The average Bonchev–Trinajstić information content (AvgIpc) is 3.30. The van der Waals surface area contributed by atoms with Crippen LogP contribution in [0.4, 0.5) is 11.6 Å². The Labute approximate surface area is 154 Å². The zero-order valence-electron chi connectivity index (χ0n) is 14.2. The van der Waals surface area contributed by atoms with E-state index >= 15 is 0 Å². The molecule has 7 heteroatoms. The third-order valence-electron chi connectivity index (χ3n) is 4.73. The molecule has 5 rings (SSSR count). The van der Waals surface area contributed by atoms with Gasteiger partial charge >= 0.3 is 0 Å². The van der Waals surface area contributed by atoms with Gasteiger partial charge in [0, 0.05) is 28.9 Å². The number of guanidine groups is 1. The molecule has 4 heterocycles. The molecule has 2 aromatic heterocycles. The predicted molar refractivity (Wildman–Crippen MR) is 104 cm³/mol. The minimum Gasteiger partial charge on any atom is -0.312 e. The molecule has 1 atom stereocenters. The van der Waals surface area contributed by atoms with E-state index in [1.54, 1.807) is 22.0 Å². The molecule has 2 aliphatic heterocycles. The van der Waals surface area contributed by atoms with Crippen molar-refractivity contribution in [2.24, 2.45) is 4.99 Å². The van der Waals surface area contributed by atoms with Crippen molar-refractivity contribution in [1.82, 2.24) is 9.55 Å². The number of nitrogens with zero attached hydrogens (tertiary/aromatic N) is 4. The summed E-state index contributed by atoms with van der Waals surface area (Å²) >= 11 is 1.60. The van der Waals surface area contributed by atoms with E-state index < -0.39 is 6.17 Å². The first-order chi connectivity index (χ1) is 12.7. The summed E-state index contributed by atoms with van der Waals surface area (Å²) in [5, 5.41) is 5.29. The van der Waals surface area contributed by atoms with Crippen molar-refractivity contribution in [3.8, 4) is 0 Å². The van der Waals surface area contributed by atoms with Crippen LogP contribution in [0.3, 0.4) is 0 Å². The highest BCUT2D eigenvalue weighted by atomic mass is 32.1. The second-order valence-corrected chi connectivity index (χ2v) is 7.41. The number of fused-ring (bicyclic) bond motifs is 2. The molecule has 3 aromatic rings. The van der Waals surface area contributed by atoms with Crippen LogP contribution in [0.2, 0.25) is 0 Å². The Kier molecular flexibility index (Phi) is 3.43. The van der Waals surface area contributed by atoms with E-state index in [0.717, 1.165) is 29.5 Å². The molecule has 0 saturated carbocycles. The van der Waals surface area contributed by atoms with Crippen LogP contribution < -0.4 is 15.8 Å². The van der Waals surface area contributed by atoms with Gasteiger partial charge in [-0.1, -0.05) is 24.3 Å². The summed E-state index contributed by atoms with van der Waals surface area (Å²) < 4.78 is 1.63. The predicted octanol–water partition coefficient (Wildman–Crippen LogP) is 3.00. The van der Waals surface area contributed by atoms with Crippen LogP contribution in [-0.4, -0.2) is 22.1 Å². The lowest BCUT2D eigenvalue weighted by molar-refractivity contribution is 0.583. The van der Waals surface area contributed by atoms with E-state index in [4.69, 9.17) is 4.99 Å². The molecule has 0 bridgehead atoms. The number of aryl methyl sites for hydroxylation is 1. The number of para-hydroxylation sites is 1. The zero-order valence-corrected chi connectivity index (χ0v) is 15.0. The Balaban J connectivity index is 1.66. The first-order valence-corrected chi connectivity index (χ1v) is 9.42. The molecule has 6 nitrogen and oxygen atoms in total. The molecule has 1 unspecified atom stereocenters. The highest BCUT2D eigenvalue weighted by Gasteiger charge is 2.30. The second kappa shape index (κ2) is 5.81. The molecular formula is C19H17N5OS. The van der Waals surface area contributed by atoms with Gasteiger partial charge < -0.3 is 4.90 Å². The van der Waals surface area contributed by atoms with Crippen molar-refractivity contribution >= 4 is 28.9 Å². The Hall–Kier alpha value is -2.93. The Bertz CT molecular complexity index is 1070. The third-order valence-corrected chi connectivity index (χ3v) is 5.65. The molecule has 130 valence electrons. The SMILES string of the molecule is Cc1cc(=O)n2c(n1)NC(N1CCc3ccccc31)=NC2c1cccs1. The number of thiophene rings is 1. The van der Waals surface area contributed by atoms with Gasteiger partial charge in [0.15, 0.2) is 6.17 Å². The van der Waals surface area contributed by atoms with Gasteiger partial charge in [-0.25, -0.2) is 9.98 Å². The van der Waals surface area contributed by atoms with Crippen molar-refractivity contribution in [1.29, 1.82) is 0 Å². The normalized spacial score (nSPS) is 18.1. The van der Waals surface area contributed by atoms with Crippen molar-refractivity contribution in [3.63, 3.8) is 0 Å². The molecular weight excluding hydrogens is 346 g/mol. The van der Waals surface area contributed by atoms with Crippen LogP contribution in [0, 0.1) is 6.92 Å². The summed E-state index contributed by atoms with van der Waals surface area (Å²) in [6, 6.07) is 13.9. The van der Waals surface area contributed by atoms with E-state index in [1.807, 2.05) is 30.5 Å². The fraction of sp³-hybridized carbons (Fsp3) is 0.211. The van der Waals surface area contributed by atoms with Crippen molar-refractivity contribution < 1.29 is 0 Å². The summed E-state index contributed by atoms with van der Waals surface area (Å²) in [4.78, 5) is 25.3. The largest absolute Gasteiger partial charge is 0.312 e. The fourth-order valence-corrected chi connectivity index (χ4v) is 4.31. The van der Waals surface area contributed by atoms with E-state index in [0.29, 0.717) is 11.6 Å². The average molecular weight is 363 g/mol. The number of aromatic nitrogens is 2. The number of benzene rings is 1. The first kappa shape index (κ1) is 15.3. The topological polar surface area (TPSA) is 62.5 Å². The highest BCUT2D eigenvalue weighted by Crippen LogP contribution is 2.33. The van der Waals surface area contributed by atoms with Gasteiger partial charge in [-0.15, -0.1) is 11.3 Å². The van der Waals surface area contributed by atoms with Gasteiger partial charge in [0.1, 0.15) is 0 Å². The molecule has 1 N–H and O–H groups in total. The van der Waals surface area contributed by atoms with Crippen LogP contribution in [0.1, 0.15) is 22.3 Å². The van der Waals surface area contributed by atoms with Gasteiger partial charge in [-0.2, -0.15) is 0 Å². The zero-order chi connectivity index (χ0) is 17.7. The molecule has 0 fully saturated rings. The molecule has 2 aliphatic rings. The first-order valence-electron chi connectivity index (χ1n) is 8.54. The maximum Gasteiger partial charge on any atom is 0.257 e. The molecule has 0 radical (unpaired) electrons. The molecule has 0 saturated heterocycles. The van der Waals surface area contributed by atoms with Crippen molar-refractivity contribution in [2.45, 2.75) is 19.5 Å². The van der Waals surface area contributed by atoms with Crippen LogP contribution in [0.5, 0.6) is 0 Å². The van der Waals surface area contributed by atoms with Gasteiger partial charge in [-0.3, -0.25) is 14.7 Å². The lowest BCUT2D eigenvalue weighted by Crippen LogP contribution is -2.42. The smallest absolute Gasteiger partial charge is 0.257 e. The standard InChI is InChI=1S/C19H17N5OS/c1-12-11-16(25)24-17(15-7-4-10-26-15)21-18(22-19(24)20-12)23-9-8-13-5-2-3-6-14(13)23/h2-7,10-11,17H,8-9H2,1H3,(H,20,21,22). The Morgan fingerprint density at radius 1 is 1.23 bits per heavy atom. The maximum absolute atomic E-state index is 12.6. The summed E-state index contributed by atoms with van der Waals surface area (Å²) in [6.07, 6.45) is 0.587. The summed E-state index contributed by atoms with van der Waals surface area (Å²) in [5.74, 6) is 1.29. The molecule has 26 heavy (non-hydrogen) atoms. The Morgan fingerprint density at radius 3 is 2.96 bits per heavy atom. The quantitative estimate of drug-likeness (QED) is 0.722. The van der Waals surface area contributed by atoms with E-state index in [9.17, 15) is 4.79 Å². The van der Waals surface area contributed by atoms with Gasteiger partial charge in [-0.05, 0) is 36.4 Å². The van der Waals surface area contributed by atoms with Gasteiger partial charge in [0.2, 0.25) is 11.9 Å². The minimum atomic E-state index is -0.394. The van der Waals surface area contributed by atoms with Crippen LogP contribution in [0.15, 0.2) is 57.6 Å². The second-order valence-electron chi connectivity index (χ2n) is 6.43. The lowest BCUT2D eigenvalue weighted by atomic mass is 10.2. The number of hydrogen-bond donors (Lipinski definition) is 1. The monoisotopic (exact) mass is 363 g/mol. The van der Waals surface area contributed by atoms with Gasteiger partial charge in [0.25, 0.3) is 5.56 Å².